The smallest absolute Gasteiger partial charge is 0.306 e. The first kappa shape index (κ1) is 21.6. The molecule has 0 atom stereocenters. The number of hydrogen-bond donors (Lipinski definition) is 2. The van der Waals surface area contributed by atoms with Crippen molar-refractivity contribution in [2.75, 3.05) is 39.2 Å². The molecule has 0 aromatic carbocycles. The normalized spacial score (nSPS) is 8.88. The van der Waals surface area contributed by atoms with E-state index in [4.69, 9.17) is 15.2 Å². The van der Waals surface area contributed by atoms with Gasteiger partial charge in [0.25, 0.3) is 0 Å². The Labute approximate surface area is 113 Å². The molecule has 100 valence electrons. The highest BCUT2D eigenvalue weighted by Crippen LogP contribution is 1.96. The van der Waals surface area contributed by atoms with E-state index in [-0.39, 0.29) is 30.8 Å². The van der Waals surface area contributed by atoms with Crippen LogP contribution < -0.4 is 10.5 Å². The Kier molecular flexibility index (Phi) is 23.8. The van der Waals surface area contributed by atoms with Crippen molar-refractivity contribution < 1.29 is 14.3 Å². The Morgan fingerprint density at radius 1 is 1.31 bits per heavy atom. The molecular weight excluding hydrogens is 275 g/mol. The van der Waals surface area contributed by atoms with E-state index in [0.717, 1.165) is 5.75 Å². The molecule has 8 heteroatoms. The molecule has 0 amide bonds. The summed E-state index contributed by atoms with van der Waals surface area (Å²) in [5.41, 5.74) is 5.21. The number of rotatable bonds is 9. The fraction of sp³-hybridized carbons (Fsp3) is 0.875. The van der Waals surface area contributed by atoms with Crippen molar-refractivity contribution in [3.8, 4) is 0 Å². The topological polar surface area (TPSA) is 73.6 Å². The number of hydrogen-bond acceptors (Lipinski definition) is 6. The van der Waals surface area contributed by atoms with Gasteiger partial charge in [-0.25, -0.2) is 0 Å². The van der Waals surface area contributed by atoms with E-state index in [2.05, 4.69) is 4.72 Å². The van der Waals surface area contributed by atoms with Crippen molar-refractivity contribution >= 4 is 42.7 Å². The Bertz CT molecular complexity index is 155. The van der Waals surface area contributed by atoms with Crippen LogP contribution in [0, 0.1) is 0 Å². The number of esters is 1. The maximum atomic E-state index is 11.0. The highest BCUT2D eigenvalue weighted by atomic mass is 35.5. The average Bonchev–Trinajstić information content (AvgIpc) is 2.18. The molecule has 0 aliphatic heterocycles. The van der Waals surface area contributed by atoms with Gasteiger partial charge in [0.05, 0.1) is 19.6 Å². The Hall–Kier alpha value is 0.280. The lowest BCUT2D eigenvalue weighted by Crippen LogP contribution is -2.15. The van der Waals surface area contributed by atoms with Gasteiger partial charge in [0.15, 0.2) is 0 Å². The minimum Gasteiger partial charge on any atom is -0.463 e. The fourth-order valence-corrected chi connectivity index (χ4v) is 1.18. The van der Waals surface area contributed by atoms with Gasteiger partial charge in [-0.05, 0) is 7.05 Å². The first-order chi connectivity index (χ1) is 6.81. The zero-order chi connectivity index (χ0) is 10.6. The number of nitrogens with two attached hydrogens (primary N) is 1. The summed E-state index contributed by atoms with van der Waals surface area (Å²) in [6.07, 6.45) is 0.419. The molecule has 0 aromatic rings. The number of ether oxygens (including phenoxy) is 2. The van der Waals surface area contributed by atoms with Gasteiger partial charge in [0, 0.05) is 12.3 Å². The molecule has 0 saturated carbocycles. The second kappa shape index (κ2) is 17.7. The minimum atomic E-state index is -0.191. The molecule has 0 heterocycles. The van der Waals surface area contributed by atoms with Crippen LogP contribution in [0.3, 0.4) is 0 Å². The lowest BCUT2D eigenvalue weighted by atomic mass is 10.5. The molecular formula is C8H20Cl2N2O3S. The molecule has 0 saturated heterocycles. The van der Waals surface area contributed by atoms with Crippen LogP contribution in [-0.4, -0.2) is 45.1 Å². The van der Waals surface area contributed by atoms with Gasteiger partial charge in [-0.3, -0.25) is 9.52 Å². The molecule has 0 aliphatic rings. The van der Waals surface area contributed by atoms with Crippen LogP contribution in [-0.2, 0) is 14.3 Å². The van der Waals surface area contributed by atoms with E-state index in [1.165, 1.54) is 11.9 Å². The van der Waals surface area contributed by atoms with E-state index >= 15 is 0 Å². The molecule has 16 heavy (non-hydrogen) atoms. The molecule has 0 rings (SSSR count). The Morgan fingerprint density at radius 2 is 2.00 bits per heavy atom. The van der Waals surface area contributed by atoms with Gasteiger partial charge in [-0.15, -0.1) is 24.8 Å². The summed E-state index contributed by atoms with van der Waals surface area (Å²) < 4.78 is 12.8. The predicted octanol–water partition coefficient (Wildman–Crippen LogP) is 0.606. The largest absolute Gasteiger partial charge is 0.463 e. The quantitative estimate of drug-likeness (QED) is 0.369. The van der Waals surface area contributed by atoms with E-state index < -0.39 is 0 Å². The summed E-state index contributed by atoms with van der Waals surface area (Å²) in [5, 5.41) is 0. The lowest BCUT2D eigenvalue weighted by Gasteiger charge is -2.04. The highest BCUT2D eigenvalue weighted by molar-refractivity contribution is 7.97. The van der Waals surface area contributed by atoms with E-state index in [0.29, 0.717) is 32.8 Å². The van der Waals surface area contributed by atoms with Crippen LogP contribution in [0.15, 0.2) is 0 Å². The third-order valence-electron chi connectivity index (χ3n) is 1.31. The van der Waals surface area contributed by atoms with Gasteiger partial charge >= 0.3 is 5.97 Å². The van der Waals surface area contributed by atoms with Crippen LogP contribution in [0.1, 0.15) is 6.42 Å². The van der Waals surface area contributed by atoms with Crippen molar-refractivity contribution in [3.63, 3.8) is 0 Å². The van der Waals surface area contributed by atoms with Crippen LogP contribution in [0.25, 0.3) is 0 Å². The van der Waals surface area contributed by atoms with Gasteiger partial charge in [0.1, 0.15) is 6.61 Å². The maximum absolute atomic E-state index is 11.0. The van der Waals surface area contributed by atoms with Crippen molar-refractivity contribution in [3.05, 3.63) is 0 Å². The van der Waals surface area contributed by atoms with Crippen LogP contribution in [0.4, 0.5) is 0 Å². The van der Waals surface area contributed by atoms with E-state index in [1.54, 1.807) is 0 Å². The molecule has 0 radical (unpaired) electrons. The SMILES string of the molecule is CNSCCC(=O)OCCOCCN.Cl.Cl. The summed E-state index contributed by atoms with van der Waals surface area (Å²) in [7, 11) is 1.82. The summed E-state index contributed by atoms with van der Waals surface area (Å²) in [4.78, 5) is 11.0. The van der Waals surface area contributed by atoms with E-state index in [1.807, 2.05) is 7.05 Å². The number of carbonyl (C=O) groups is 1. The second-order valence-corrected chi connectivity index (χ2v) is 3.53. The zero-order valence-corrected chi connectivity index (χ0v) is 11.7. The lowest BCUT2D eigenvalue weighted by molar-refractivity contribution is -0.144. The van der Waals surface area contributed by atoms with E-state index in [9.17, 15) is 4.79 Å². The molecule has 5 nitrogen and oxygen atoms in total. The first-order valence-electron chi connectivity index (χ1n) is 4.53. The van der Waals surface area contributed by atoms with Gasteiger partial charge in [-0.2, -0.15) is 0 Å². The maximum Gasteiger partial charge on any atom is 0.306 e. The molecule has 0 unspecified atom stereocenters. The number of nitrogens with one attached hydrogen (secondary N) is 1. The van der Waals surface area contributed by atoms with Gasteiger partial charge in [0.2, 0.25) is 0 Å². The Balaban J connectivity index is -0.000000845. The molecule has 3 N–H and O–H groups in total. The third kappa shape index (κ3) is 16.7. The standard InChI is InChI=1S/C8H18N2O3S.2ClH/c1-10-14-7-2-8(11)13-6-5-12-4-3-9;;/h10H,2-7,9H2,1H3;2*1H. The van der Waals surface area contributed by atoms with Crippen LogP contribution >= 0.6 is 36.8 Å². The van der Waals surface area contributed by atoms with Crippen LogP contribution in [0.2, 0.25) is 0 Å². The highest BCUT2D eigenvalue weighted by Gasteiger charge is 2.01. The summed E-state index contributed by atoms with van der Waals surface area (Å²) in [5.74, 6) is 0.531. The van der Waals surface area contributed by atoms with Gasteiger partial charge < -0.3 is 15.2 Å². The second-order valence-electron chi connectivity index (χ2n) is 2.42. The summed E-state index contributed by atoms with van der Waals surface area (Å²) in [6.45, 7) is 1.73. The van der Waals surface area contributed by atoms with Gasteiger partial charge in [-0.1, -0.05) is 11.9 Å². The molecule has 0 aliphatic carbocycles. The average molecular weight is 295 g/mol. The monoisotopic (exact) mass is 294 g/mol. The fourth-order valence-electron chi connectivity index (χ4n) is 0.708. The third-order valence-corrected chi connectivity index (χ3v) is 2.00. The summed E-state index contributed by atoms with van der Waals surface area (Å²) >= 11 is 1.49. The summed E-state index contributed by atoms with van der Waals surface area (Å²) in [6, 6.07) is 0. The number of carbonyl (C=O) groups excluding carboxylic acids is 1. The molecule has 0 spiro atoms. The van der Waals surface area contributed by atoms with Crippen LogP contribution in [0.5, 0.6) is 0 Å². The van der Waals surface area contributed by atoms with Crippen molar-refractivity contribution in [2.45, 2.75) is 6.42 Å². The van der Waals surface area contributed by atoms with Crippen molar-refractivity contribution in [1.82, 2.24) is 4.72 Å². The number of halogens is 2. The molecule has 0 bridgehead atoms. The Morgan fingerprint density at radius 3 is 2.56 bits per heavy atom. The minimum absolute atomic E-state index is 0. The van der Waals surface area contributed by atoms with Crippen molar-refractivity contribution in [2.24, 2.45) is 5.73 Å². The predicted molar refractivity (Wildman–Crippen MR) is 71.5 cm³/mol. The molecule has 0 fully saturated rings. The first-order valence-corrected chi connectivity index (χ1v) is 5.51. The molecule has 0 aromatic heterocycles. The van der Waals surface area contributed by atoms with Crippen molar-refractivity contribution in [1.29, 1.82) is 0 Å². The zero-order valence-electron chi connectivity index (χ0n) is 9.27.